The largest absolute Gasteiger partial charge is 0.342 e. The molecule has 0 radical (unpaired) electrons. The molecule has 2 rings (SSSR count). The van der Waals surface area contributed by atoms with Crippen LogP contribution in [-0.4, -0.2) is 40.1 Å². The third-order valence-electron chi connectivity index (χ3n) is 4.62. The molecule has 1 aliphatic rings. The summed E-state index contributed by atoms with van der Waals surface area (Å²) in [5.41, 5.74) is 2.60. The zero-order chi connectivity index (χ0) is 16.4. The van der Waals surface area contributed by atoms with Crippen LogP contribution in [0.25, 0.3) is 0 Å². The summed E-state index contributed by atoms with van der Waals surface area (Å²) in [4.78, 5) is 14.3. The Bertz CT molecular complexity index is 553. The molecule has 22 heavy (non-hydrogen) atoms. The van der Waals surface area contributed by atoms with E-state index in [1.807, 2.05) is 14.0 Å². The van der Waals surface area contributed by atoms with E-state index in [0.29, 0.717) is 17.6 Å². The van der Waals surface area contributed by atoms with Crippen LogP contribution in [-0.2, 0) is 15.6 Å². The highest BCUT2D eigenvalue weighted by atomic mass is 32.2. The normalized spacial score (nSPS) is 23.2. The fourth-order valence-corrected chi connectivity index (χ4v) is 3.80. The second-order valence-corrected chi connectivity index (χ2v) is 8.29. The molecule has 0 spiro atoms. The molecule has 0 N–H and O–H groups in total. The van der Waals surface area contributed by atoms with Crippen molar-refractivity contribution in [3.63, 3.8) is 0 Å². The van der Waals surface area contributed by atoms with Gasteiger partial charge < -0.3 is 4.90 Å². The smallest absolute Gasteiger partial charge is 0.226 e. The predicted molar refractivity (Wildman–Crippen MR) is 92.5 cm³/mol. The van der Waals surface area contributed by atoms with Crippen LogP contribution in [0.2, 0.25) is 0 Å². The van der Waals surface area contributed by atoms with Crippen molar-refractivity contribution in [3.05, 3.63) is 35.4 Å². The molecule has 0 heterocycles. The molecule has 3 nitrogen and oxygen atoms in total. The predicted octanol–water partition coefficient (Wildman–Crippen LogP) is 3.14. The SMILES string of the molecule is CC(C)c1ccc([C@@H]2C[C@@H]2C(=O)N(C)[C@@H](C)C[S@](C)=O)cc1. The zero-order valence-electron chi connectivity index (χ0n) is 14.2. The van der Waals surface area contributed by atoms with Crippen molar-refractivity contribution in [2.75, 3.05) is 19.1 Å². The fourth-order valence-electron chi connectivity index (χ4n) is 2.89. The first-order chi connectivity index (χ1) is 10.3. The monoisotopic (exact) mass is 321 g/mol. The van der Waals surface area contributed by atoms with E-state index in [1.54, 1.807) is 11.2 Å². The molecule has 1 amide bonds. The highest BCUT2D eigenvalue weighted by molar-refractivity contribution is 7.84. The van der Waals surface area contributed by atoms with E-state index >= 15 is 0 Å². The van der Waals surface area contributed by atoms with Gasteiger partial charge in [0.15, 0.2) is 0 Å². The van der Waals surface area contributed by atoms with Crippen LogP contribution in [0.5, 0.6) is 0 Å². The second-order valence-electron chi connectivity index (χ2n) is 6.81. The van der Waals surface area contributed by atoms with E-state index in [1.165, 1.54) is 11.1 Å². The molecule has 4 heteroatoms. The number of amides is 1. The Kier molecular flexibility index (Phi) is 5.43. The maximum Gasteiger partial charge on any atom is 0.226 e. The summed E-state index contributed by atoms with van der Waals surface area (Å²) in [5, 5.41) is 0. The molecular weight excluding hydrogens is 294 g/mol. The van der Waals surface area contributed by atoms with Crippen LogP contribution in [0.3, 0.4) is 0 Å². The average Bonchev–Trinajstić information content (AvgIpc) is 3.25. The number of rotatable bonds is 6. The van der Waals surface area contributed by atoms with Gasteiger partial charge in [0.2, 0.25) is 5.91 Å². The van der Waals surface area contributed by atoms with Gasteiger partial charge in [0.05, 0.1) is 0 Å². The number of benzene rings is 1. The average molecular weight is 321 g/mol. The van der Waals surface area contributed by atoms with Crippen LogP contribution < -0.4 is 0 Å². The van der Waals surface area contributed by atoms with Gasteiger partial charge in [-0.15, -0.1) is 0 Å². The summed E-state index contributed by atoms with van der Waals surface area (Å²) < 4.78 is 11.3. The van der Waals surface area contributed by atoms with Crippen molar-refractivity contribution in [1.82, 2.24) is 4.90 Å². The summed E-state index contributed by atoms with van der Waals surface area (Å²) >= 11 is 0. The Morgan fingerprint density at radius 2 is 1.86 bits per heavy atom. The van der Waals surface area contributed by atoms with Crippen LogP contribution >= 0.6 is 0 Å². The van der Waals surface area contributed by atoms with Gasteiger partial charge in [-0.3, -0.25) is 9.00 Å². The Labute approximate surface area is 136 Å². The lowest BCUT2D eigenvalue weighted by atomic mass is 10.00. The van der Waals surface area contributed by atoms with Crippen molar-refractivity contribution >= 4 is 16.7 Å². The molecule has 0 aliphatic heterocycles. The van der Waals surface area contributed by atoms with E-state index in [4.69, 9.17) is 0 Å². The first-order valence-electron chi connectivity index (χ1n) is 7.97. The van der Waals surface area contributed by atoms with Crippen LogP contribution in [0, 0.1) is 5.92 Å². The van der Waals surface area contributed by atoms with Crippen molar-refractivity contribution in [2.24, 2.45) is 5.92 Å². The van der Waals surface area contributed by atoms with Gasteiger partial charge in [0, 0.05) is 41.8 Å². The van der Waals surface area contributed by atoms with Gasteiger partial charge in [-0.2, -0.15) is 0 Å². The van der Waals surface area contributed by atoms with Crippen molar-refractivity contribution < 1.29 is 9.00 Å². The van der Waals surface area contributed by atoms with Gasteiger partial charge in [-0.1, -0.05) is 38.1 Å². The van der Waals surface area contributed by atoms with Crippen LogP contribution in [0.1, 0.15) is 50.2 Å². The van der Waals surface area contributed by atoms with E-state index in [-0.39, 0.29) is 17.9 Å². The molecular formula is C18H27NO2S. The third kappa shape index (κ3) is 3.97. The Morgan fingerprint density at radius 1 is 1.27 bits per heavy atom. The molecule has 1 fully saturated rings. The van der Waals surface area contributed by atoms with E-state index < -0.39 is 10.8 Å². The van der Waals surface area contributed by atoms with Gasteiger partial charge in [0.25, 0.3) is 0 Å². The molecule has 0 bridgehead atoms. The number of carbonyl (C=O) groups is 1. The second kappa shape index (κ2) is 6.95. The van der Waals surface area contributed by atoms with Gasteiger partial charge in [-0.25, -0.2) is 0 Å². The maximum absolute atomic E-state index is 12.5. The number of hydrogen-bond acceptors (Lipinski definition) is 2. The van der Waals surface area contributed by atoms with E-state index in [9.17, 15) is 9.00 Å². The third-order valence-corrected chi connectivity index (χ3v) is 5.58. The summed E-state index contributed by atoms with van der Waals surface area (Å²) in [6.45, 7) is 6.34. The lowest BCUT2D eigenvalue weighted by Crippen LogP contribution is -2.39. The summed E-state index contributed by atoms with van der Waals surface area (Å²) in [6.07, 6.45) is 2.62. The number of nitrogens with zero attached hydrogens (tertiary/aromatic N) is 1. The van der Waals surface area contributed by atoms with Crippen LogP contribution in [0.15, 0.2) is 24.3 Å². The topological polar surface area (TPSA) is 37.4 Å². The molecule has 1 aromatic carbocycles. The summed E-state index contributed by atoms with van der Waals surface area (Å²) in [7, 11) is 0.959. The van der Waals surface area contributed by atoms with E-state index in [0.717, 1.165) is 6.42 Å². The Morgan fingerprint density at radius 3 is 2.36 bits per heavy atom. The first-order valence-corrected chi connectivity index (χ1v) is 9.70. The highest BCUT2D eigenvalue weighted by Crippen LogP contribution is 2.48. The van der Waals surface area contributed by atoms with Crippen molar-refractivity contribution in [3.8, 4) is 0 Å². The van der Waals surface area contributed by atoms with Crippen LogP contribution in [0.4, 0.5) is 0 Å². The molecule has 1 aliphatic carbocycles. The standard InChI is InChI=1S/C18H27NO2S/c1-12(2)14-6-8-15(9-7-14)16-10-17(16)18(20)19(4)13(3)11-22(5)21/h6-9,12-13,16-17H,10-11H2,1-5H3/t13-,16-,17-,22-/m0/s1. The quantitative estimate of drug-likeness (QED) is 0.807. The maximum atomic E-state index is 12.5. The molecule has 122 valence electrons. The van der Waals surface area contributed by atoms with Gasteiger partial charge >= 0.3 is 0 Å². The lowest BCUT2D eigenvalue weighted by Gasteiger charge is -2.24. The molecule has 1 saturated carbocycles. The number of carbonyl (C=O) groups excluding carboxylic acids is 1. The van der Waals surface area contributed by atoms with E-state index in [2.05, 4.69) is 38.1 Å². The minimum atomic E-state index is -0.871. The summed E-state index contributed by atoms with van der Waals surface area (Å²) in [6, 6.07) is 8.71. The fraction of sp³-hybridized carbons (Fsp3) is 0.611. The molecule has 0 saturated heterocycles. The Balaban J connectivity index is 1.96. The minimum absolute atomic E-state index is 0.0305. The summed E-state index contributed by atoms with van der Waals surface area (Å²) in [5.74, 6) is 1.73. The highest BCUT2D eigenvalue weighted by Gasteiger charge is 2.45. The number of hydrogen-bond donors (Lipinski definition) is 0. The molecule has 0 aromatic heterocycles. The Hall–Kier alpha value is -1.16. The van der Waals surface area contributed by atoms with Gasteiger partial charge in [0.1, 0.15) is 0 Å². The van der Waals surface area contributed by atoms with Crippen molar-refractivity contribution in [2.45, 2.75) is 45.1 Å². The molecule has 4 atom stereocenters. The first kappa shape index (κ1) is 17.2. The lowest BCUT2D eigenvalue weighted by molar-refractivity contribution is -0.132. The zero-order valence-corrected chi connectivity index (χ0v) is 15.0. The molecule has 1 aromatic rings. The van der Waals surface area contributed by atoms with Crippen molar-refractivity contribution in [1.29, 1.82) is 0 Å². The molecule has 0 unspecified atom stereocenters. The van der Waals surface area contributed by atoms with Gasteiger partial charge in [-0.05, 0) is 36.3 Å². The minimum Gasteiger partial charge on any atom is -0.342 e.